The van der Waals surface area contributed by atoms with Crippen LogP contribution in [-0.2, 0) is 20.9 Å². The van der Waals surface area contributed by atoms with Gasteiger partial charge in [0, 0.05) is 26.1 Å². The van der Waals surface area contributed by atoms with Crippen LogP contribution in [0.25, 0.3) is 0 Å². The molecule has 1 unspecified atom stereocenters. The lowest BCUT2D eigenvalue weighted by molar-refractivity contribution is -0.124. The second kappa shape index (κ2) is 14.7. The van der Waals surface area contributed by atoms with Crippen LogP contribution >= 0.6 is 0 Å². The zero-order valence-electron chi connectivity index (χ0n) is 21.9. The molecule has 1 aliphatic carbocycles. The number of hydrogen-bond donors (Lipinski definition) is 4. The third kappa shape index (κ3) is 12.2. The van der Waals surface area contributed by atoms with Crippen LogP contribution in [0.4, 0.5) is 9.59 Å². The van der Waals surface area contributed by atoms with Gasteiger partial charge in [-0.3, -0.25) is 4.79 Å². The first kappa shape index (κ1) is 29.4. The Hall–Kier alpha value is -2.81. The summed E-state index contributed by atoms with van der Waals surface area (Å²) in [5.41, 5.74) is 0.0566. The van der Waals surface area contributed by atoms with E-state index in [0.717, 1.165) is 37.7 Å². The molecule has 0 spiro atoms. The van der Waals surface area contributed by atoms with Crippen LogP contribution in [0.15, 0.2) is 30.3 Å². The number of rotatable bonds is 12. The van der Waals surface area contributed by atoms with Crippen molar-refractivity contribution < 1.29 is 29.0 Å². The van der Waals surface area contributed by atoms with Gasteiger partial charge in [0.25, 0.3) is 0 Å². The smallest absolute Gasteiger partial charge is 0.407 e. The Bertz CT molecular complexity index is 819. The number of nitrogens with one attached hydrogen (secondary N) is 3. The minimum absolute atomic E-state index is 0.0855. The van der Waals surface area contributed by atoms with Crippen molar-refractivity contribution in [2.75, 3.05) is 19.6 Å². The van der Waals surface area contributed by atoms with Gasteiger partial charge in [-0.25, -0.2) is 9.59 Å². The molecule has 1 fully saturated rings. The molecule has 1 aromatic rings. The second-order valence-corrected chi connectivity index (χ2v) is 10.7. The highest BCUT2D eigenvalue weighted by molar-refractivity contribution is 5.77. The minimum atomic E-state index is -0.655. The van der Waals surface area contributed by atoms with Crippen molar-refractivity contribution >= 4 is 18.1 Å². The molecule has 1 aliphatic rings. The van der Waals surface area contributed by atoms with Gasteiger partial charge < -0.3 is 30.5 Å². The van der Waals surface area contributed by atoms with Gasteiger partial charge in [0.1, 0.15) is 12.2 Å². The lowest BCUT2D eigenvalue weighted by Gasteiger charge is -2.37. The van der Waals surface area contributed by atoms with Crippen LogP contribution in [0, 0.1) is 5.41 Å². The Balaban J connectivity index is 1.64. The van der Waals surface area contributed by atoms with E-state index in [4.69, 9.17) is 9.47 Å². The molecule has 0 aromatic heterocycles. The summed E-state index contributed by atoms with van der Waals surface area (Å²) in [5, 5.41) is 18.6. The van der Waals surface area contributed by atoms with E-state index in [1.165, 1.54) is 0 Å². The van der Waals surface area contributed by atoms with Gasteiger partial charge in [-0.05, 0) is 57.4 Å². The number of hydrogen-bond acceptors (Lipinski definition) is 6. The van der Waals surface area contributed by atoms with E-state index in [0.29, 0.717) is 32.4 Å². The molecule has 0 bridgehead atoms. The van der Waals surface area contributed by atoms with Crippen LogP contribution in [0.5, 0.6) is 0 Å². The van der Waals surface area contributed by atoms with Gasteiger partial charge in [-0.15, -0.1) is 0 Å². The number of alkyl carbamates (subject to hydrolysis) is 2. The standard InChI is InChI=1S/C27H43N3O6/c1-26(2,3)36-25(34)30-20-27(14-8-5-9-15-27)18-23(32)28-16-12-22(31)13-17-29-24(33)35-19-21-10-6-4-7-11-21/h4,6-7,10-11,22,31H,5,8-9,12-20H2,1-3H3,(H,28,32)(H,29,33)(H,30,34). The van der Waals surface area contributed by atoms with E-state index in [1.54, 1.807) is 0 Å². The molecule has 36 heavy (non-hydrogen) atoms. The van der Waals surface area contributed by atoms with Crippen molar-refractivity contribution in [1.82, 2.24) is 16.0 Å². The quantitative estimate of drug-likeness (QED) is 0.340. The highest BCUT2D eigenvalue weighted by Gasteiger charge is 2.35. The predicted molar refractivity (Wildman–Crippen MR) is 137 cm³/mol. The largest absolute Gasteiger partial charge is 0.445 e. The van der Waals surface area contributed by atoms with E-state index in [2.05, 4.69) is 16.0 Å². The Kier molecular flexibility index (Phi) is 12.0. The third-order valence-corrected chi connectivity index (χ3v) is 6.22. The molecular formula is C27H43N3O6. The second-order valence-electron chi connectivity index (χ2n) is 10.7. The van der Waals surface area contributed by atoms with Crippen LogP contribution in [0.2, 0.25) is 0 Å². The lowest BCUT2D eigenvalue weighted by atomic mass is 9.71. The van der Waals surface area contributed by atoms with Gasteiger partial charge >= 0.3 is 12.2 Å². The fourth-order valence-corrected chi connectivity index (χ4v) is 4.33. The van der Waals surface area contributed by atoms with Crippen molar-refractivity contribution in [3.8, 4) is 0 Å². The monoisotopic (exact) mass is 505 g/mol. The highest BCUT2D eigenvalue weighted by atomic mass is 16.6. The molecule has 0 heterocycles. The van der Waals surface area contributed by atoms with Crippen LogP contribution < -0.4 is 16.0 Å². The molecule has 9 heteroatoms. The summed E-state index contributed by atoms with van der Waals surface area (Å²) in [6, 6.07) is 9.40. The number of amides is 3. The van der Waals surface area contributed by atoms with E-state index in [9.17, 15) is 19.5 Å². The molecule has 1 saturated carbocycles. The maximum absolute atomic E-state index is 12.7. The molecule has 1 aromatic carbocycles. The molecule has 2 rings (SSSR count). The molecule has 3 amide bonds. The number of ether oxygens (including phenoxy) is 2. The Labute approximate surface area is 214 Å². The first-order valence-corrected chi connectivity index (χ1v) is 12.9. The number of benzene rings is 1. The average molecular weight is 506 g/mol. The molecule has 0 radical (unpaired) electrons. The number of carbonyl (C=O) groups excluding carboxylic acids is 3. The van der Waals surface area contributed by atoms with Crippen molar-refractivity contribution in [1.29, 1.82) is 0 Å². The van der Waals surface area contributed by atoms with Crippen molar-refractivity contribution in [2.24, 2.45) is 5.41 Å². The first-order chi connectivity index (χ1) is 17.1. The van der Waals surface area contributed by atoms with Gasteiger partial charge in [0.2, 0.25) is 5.91 Å². The SMILES string of the molecule is CC(C)(C)OC(=O)NCC1(CC(=O)NCCC(O)CCNC(=O)OCc2ccccc2)CCCCC1. The van der Waals surface area contributed by atoms with E-state index in [1.807, 2.05) is 51.1 Å². The zero-order valence-corrected chi connectivity index (χ0v) is 21.9. The number of aliphatic hydroxyl groups is 1. The summed E-state index contributed by atoms with van der Waals surface area (Å²) in [5.74, 6) is -0.0855. The molecule has 202 valence electrons. The van der Waals surface area contributed by atoms with Gasteiger partial charge in [0.05, 0.1) is 6.10 Å². The summed E-state index contributed by atoms with van der Waals surface area (Å²) in [6.07, 6.45) is 4.38. The summed E-state index contributed by atoms with van der Waals surface area (Å²) < 4.78 is 10.5. The maximum atomic E-state index is 12.7. The van der Waals surface area contributed by atoms with E-state index >= 15 is 0 Å². The van der Waals surface area contributed by atoms with Gasteiger partial charge in [0.15, 0.2) is 0 Å². The van der Waals surface area contributed by atoms with E-state index < -0.39 is 23.9 Å². The summed E-state index contributed by atoms with van der Waals surface area (Å²) in [4.78, 5) is 36.5. The Morgan fingerprint density at radius 1 is 0.944 bits per heavy atom. The van der Waals surface area contributed by atoms with Crippen LogP contribution in [0.1, 0.15) is 77.7 Å². The average Bonchev–Trinajstić information content (AvgIpc) is 2.82. The lowest BCUT2D eigenvalue weighted by Crippen LogP contribution is -2.44. The number of carbonyl (C=O) groups is 3. The fourth-order valence-electron chi connectivity index (χ4n) is 4.33. The van der Waals surface area contributed by atoms with Crippen molar-refractivity contribution in [2.45, 2.75) is 90.4 Å². The summed E-state index contributed by atoms with van der Waals surface area (Å²) in [6.45, 7) is 6.67. The van der Waals surface area contributed by atoms with E-state index in [-0.39, 0.29) is 24.5 Å². The molecule has 0 saturated heterocycles. The molecule has 4 N–H and O–H groups in total. The normalized spacial score (nSPS) is 15.9. The molecule has 0 aliphatic heterocycles. The van der Waals surface area contributed by atoms with Crippen LogP contribution in [0.3, 0.4) is 0 Å². The first-order valence-electron chi connectivity index (χ1n) is 12.9. The van der Waals surface area contributed by atoms with Gasteiger partial charge in [-0.2, -0.15) is 0 Å². The fraction of sp³-hybridized carbons (Fsp3) is 0.667. The van der Waals surface area contributed by atoms with Gasteiger partial charge in [-0.1, -0.05) is 49.6 Å². The number of aliphatic hydroxyl groups excluding tert-OH is 1. The van der Waals surface area contributed by atoms with Crippen molar-refractivity contribution in [3.05, 3.63) is 35.9 Å². The molecular weight excluding hydrogens is 462 g/mol. The topological polar surface area (TPSA) is 126 Å². The van der Waals surface area contributed by atoms with Crippen LogP contribution in [-0.4, -0.2) is 54.5 Å². The predicted octanol–water partition coefficient (Wildman–Crippen LogP) is 4.04. The maximum Gasteiger partial charge on any atom is 0.407 e. The highest BCUT2D eigenvalue weighted by Crippen LogP contribution is 2.38. The van der Waals surface area contributed by atoms with Crippen molar-refractivity contribution in [3.63, 3.8) is 0 Å². The summed E-state index contributed by atoms with van der Waals surface area (Å²) in [7, 11) is 0. The Morgan fingerprint density at radius 3 is 2.22 bits per heavy atom. The minimum Gasteiger partial charge on any atom is -0.445 e. The molecule has 9 nitrogen and oxygen atoms in total. The third-order valence-electron chi connectivity index (χ3n) is 6.22. The summed E-state index contributed by atoms with van der Waals surface area (Å²) >= 11 is 0. The zero-order chi connectivity index (χ0) is 26.4. The Morgan fingerprint density at radius 2 is 1.58 bits per heavy atom. The molecule has 1 atom stereocenters.